The van der Waals surface area contributed by atoms with E-state index in [1.165, 1.54) is 12.8 Å². The van der Waals surface area contributed by atoms with Gasteiger partial charge in [-0.1, -0.05) is 27.2 Å². The first-order valence-corrected chi connectivity index (χ1v) is 15.5. The van der Waals surface area contributed by atoms with Gasteiger partial charge >= 0.3 is 12.2 Å². The summed E-state index contributed by atoms with van der Waals surface area (Å²) in [5.41, 5.74) is -0.826. The lowest BCUT2D eigenvalue weighted by Gasteiger charge is -2.25. The highest BCUT2D eigenvalue weighted by molar-refractivity contribution is 5.68. The van der Waals surface area contributed by atoms with Gasteiger partial charge in [-0.25, -0.2) is 9.59 Å². The topological polar surface area (TPSA) is 102 Å². The number of unbranched alkanes of at least 4 members (excludes halogenated alkanes) is 1. The molecule has 2 amide bonds. The number of amides is 2. The normalized spacial score (nSPS) is 10.9. The van der Waals surface area contributed by atoms with Crippen LogP contribution in [0.4, 0.5) is 9.59 Å². The zero-order chi connectivity index (χ0) is 33.8. The van der Waals surface area contributed by atoms with E-state index < -0.39 is 11.2 Å². The van der Waals surface area contributed by atoms with Crippen molar-refractivity contribution in [2.75, 3.05) is 108 Å². The van der Waals surface area contributed by atoms with Crippen molar-refractivity contribution in [3.8, 4) is 0 Å². The average Bonchev–Trinajstić information content (AvgIpc) is 2.90. The Hall–Kier alpha value is -1.66. The molecule has 11 nitrogen and oxygen atoms in total. The number of carbonyl (C=O) groups excluding carboxylic acids is 2. The summed E-state index contributed by atoms with van der Waals surface area (Å²) in [5.74, 6) is 0. The highest BCUT2D eigenvalue weighted by Crippen LogP contribution is 2.09. The fourth-order valence-electron chi connectivity index (χ4n) is 2.43. The first kappa shape index (κ1) is 47.3. The first-order chi connectivity index (χ1) is 19.3. The summed E-state index contributed by atoms with van der Waals surface area (Å²) in [4.78, 5) is 30.5. The molecule has 0 saturated heterocycles. The van der Waals surface area contributed by atoms with Crippen LogP contribution in [0.5, 0.6) is 0 Å². The molecule has 0 fully saturated rings. The standard InChI is InChI=1S/C11H24N2O2.C9H20N2O2.C6H16N2.C5H13N/c1-7-12(5)8-9-13(6)10(14)15-11(2,3)4;1-9(2,3)13-8(12)11(5)7-6-10-4;1-4-8(3)6-5-7-2;1-3-4-5-6-2/h7-9H2,1-6H3;10H,6-7H2,1-5H3;7H,4-6H2,1-3H3;6H,3-5H2,1-2H3. The smallest absolute Gasteiger partial charge is 0.410 e. The molecule has 0 radical (unpaired) electrons. The van der Waals surface area contributed by atoms with Gasteiger partial charge in [0.25, 0.3) is 0 Å². The zero-order valence-corrected chi connectivity index (χ0v) is 30.7. The van der Waals surface area contributed by atoms with Gasteiger partial charge < -0.3 is 45.0 Å². The third-order valence-electron chi connectivity index (χ3n) is 5.53. The van der Waals surface area contributed by atoms with Gasteiger partial charge in [-0.15, -0.1) is 0 Å². The number of hydrogen-bond acceptors (Lipinski definition) is 9. The Kier molecular flexibility index (Phi) is 33.1. The van der Waals surface area contributed by atoms with Crippen LogP contribution in [-0.2, 0) is 9.47 Å². The van der Waals surface area contributed by atoms with Gasteiger partial charge in [-0.3, -0.25) is 0 Å². The van der Waals surface area contributed by atoms with E-state index in [1.807, 2.05) is 69.7 Å². The molecular weight excluding hydrogens is 534 g/mol. The van der Waals surface area contributed by atoms with Crippen molar-refractivity contribution in [1.82, 2.24) is 35.6 Å². The Labute approximate surface area is 261 Å². The molecule has 42 heavy (non-hydrogen) atoms. The molecule has 0 aliphatic carbocycles. The van der Waals surface area contributed by atoms with E-state index in [9.17, 15) is 9.59 Å². The van der Waals surface area contributed by atoms with Crippen molar-refractivity contribution < 1.29 is 19.1 Å². The lowest BCUT2D eigenvalue weighted by molar-refractivity contribution is 0.0282. The van der Waals surface area contributed by atoms with Crippen LogP contribution in [-0.4, -0.2) is 151 Å². The molecule has 0 aromatic heterocycles. The van der Waals surface area contributed by atoms with Crippen molar-refractivity contribution in [2.45, 2.75) is 86.4 Å². The minimum Gasteiger partial charge on any atom is -0.444 e. The summed E-state index contributed by atoms with van der Waals surface area (Å²) < 4.78 is 10.4. The SMILES string of the molecule is CCCCNC.CCN(C)CCN(C)C(=O)OC(C)(C)C.CCN(C)CCNC.CNCCN(C)C(=O)OC(C)(C)C. The Morgan fingerprint density at radius 2 is 0.929 bits per heavy atom. The second-order valence-electron chi connectivity index (χ2n) is 12.3. The van der Waals surface area contributed by atoms with Crippen molar-refractivity contribution in [3.05, 3.63) is 0 Å². The van der Waals surface area contributed by atoms with Crippen LogP contribution < -0.4 is 16.0 Å². The van der Waals surface area contributed by atoms with Crippen molar-refractivity contribution >= 4 is 12.2 Å². The largest absolute Gasteiger partial charge is 0.444 e. The zero-order valence-electron chi connectivity index (χ0n) is 30.7. The number of nitrogens with zero attached hydrogens (tertiary/aromatic N) is 4. The fraction of sp³-hybridized carbons (Fsp3) is 0.935. The fourth-order valence-corrected chi connectivity index (χ4v) is 2.43. The van der Waals surface area contributed by atoms with Gasteiger partial charge in [0.2, 0.25) is 0 Å². The van der Waals surface area contributed by atoms with E-state index >= 15 is 0 Å². The lowest BCUT2D eigenvalue weighted by atomic mass is 10.2. The Morgan fingerprint density at radius 3 is 1.24 bits per heavy atom. The van der Waals surface area contributed by atoms with Gasteiger partial charge in [0.15, 0.2) is 0 Å². The number of nitrogens with one attached hydrogen (secondary N) is 3. The molecule has 0 saturated carbocycles. The monoisotopic (exact) mass is 608 g/mol. The predicted molar refractivity (Wildman–Crippen MR) is 181 cm³/mol. The highest BCUT2D eigenvalue weighted by Gasteiger charge is 2.20. The number of rotatable bonds is 14. The number of hydrogen-bond donors (Lipinski definition) is 3. The minimum absolute atomic E-state index is 0.257. The maximum atomic E-state index is 11.5. The van der Waals surface area contributed by atoms with E-state index in [1.54, 1.807) is 23.9 Å². The van der Waals surface area contributed by atoms with Crippen molar-refractivity contribution in [1.29, 1.82) is 0 Å². The first-order valence-electron chi connectivity index (χ1n) is 15.5. The highest BCUT2D eigenvalue weighted by atomic mass is 16.6. The van der Waals surface area contributed by atoms with E-state index in [-0.39, 0.29) is 12.2 Å². The molecular formula is C31H73N7O4. The molecule has 3 N–H and O–H groups in total. The summed E-state index contributed by atoms with van der Waals surface area (Å²) in [6, 6.07) is 0. The maximum Gasteiger partial charge on any atom is 0.410 e. The Balaban J connectivity index is -0.000000243. The third-order valence-corrected chi connectivity index (χ3v) is 5.53. The molecule has 0 bridgehead atoms. The quantitative estimate of drug-likeness (QED) is 0.253. The Bertz CT molecular complexity index is 607. The van der Waals surface area contributed by atoms with Crippen LogP contribution >= 0.6 is 0 Å². The molecule has 0 spiro atoms. The van der Waals surface area contributed by atoms with Gasteiger partial charge in [-0.05, 0) is 103 Å². The molecule has 11 heteroatoms. The van der Waals surface area contributed by atoms with Gasteiger partial charge in [0, 0.05) is 53.4 Å². The maximum absolute atomic E-state index is 11.5. The minimum atomic E-state index is -0.415. The summed E-state index contributed by atoms with van der Waals surface area (Å²) >= 11 is 0. The second kappa shape index (κ2) is 29.4. The summed E-state index contributed by atoms with van der Waals surface area (Å²) in [6.45, 7) is 26.2. The summed E-state index contributed by atoms with van der Waals surface area (Å²) in [6.07, 6.45) is 2.06. The molecule has 0 aromatic rings. The molecule has 0 unspecified atom stereocenters. The Morgan fingerprint density at radius 1 is 0.571 bits per heavy atom. The summed E-state index contributed by atoms with van der Waals surface area (Å²) in [7, 11) is 13.4. The molecule has 256 valence electrons. The van der Waals surface area contributed by atoms with Crippen molar-refractivity contribution in [3.63, 3.8) is 0 Å². The van der Waals surface area contributed by atoms with E-state index in [2.05, 4.69) is 53.6 Å². The molecule has 0 aliphatic heterocycles. The molecule has 0 heterocycles. The molecule has 0 atom stereocenters. The van der Waals surface area contributed by atoms with Gasteiger partial charge in [-0.2, -0.15) is 0 Å². The van der Waals surface area contributed by atoms with Crippen molar-refractivity contribution in [2.24, 2.45) is 0 Å². The molecule has 0 aromatic carbocycles. The second-order valence-corrected chi connectivity index (χ2v) is 12.3. The van der Waals surface area contributed by atoms with Crippen LogP contribution in [0.1, 0.15) is 75.2 Å². The number of carbonyl (C=O) groups is 2. The van der Waals surface area contributed by atoms with Crippen LogP contribution in [0, 0.1) is 0 Å². The van der Waals surface area contributed by atoms with E-state index in [0.717, 1.165) is 45.8 Å². The summed E-state index contributed by atoms with van der Waals surface area (Å²) in [5, 5.41) is 9.13. The van der Waals surface area contributed by atoms with Gasteiger partial charge in [0.05, 0.1) is 0 Å². The number of likely N-dealkylation sites (N-methyl/N-ethyl adjacent to an activating group) is 6. The van der Waals surface area contributed by atoms with Crippen LogP contribution in [0.2, 0.25) is 0 Å². The van der Waals surface area contributed by atoms with Gasteiger partial charge in [0.1, 0.15) is 11.2 Å². The van der Waals surface area contributed by atoms with Crippen LogP contribution in [0.25, 0.3) is 0 Å². The lowest BCUT2D eigenvalue weighted by Crippen LogP contribution is -2.38. The predicted octanol–water partition coefficient (Wildman–Crippen LogP) is 4.04. The van der Waals surface area contributed by atoms with Crippen LogP contribution in [0.3, 0.4) is 0 Å². The van der Waals surface area contributed by atoms with E-state index in [0.29, 0.717) is 13.1 Å². The number of ether oxygens (including phenoxy) is 2. The third kappa shape index (κ3) is 40.5. The van der Waals surface area contributed by atoms with Crippen LogP contribution in [0.15, 0.2) is 0 Å². The molecule has 0 aliphatic rings. The molecule has 0 rings (SSSR count). The van der Waals surface area contributed by atoms with E-state index in [4.69, 9.17) is 9.47 Å². The average molecular weight is 608 g/mol.